The molecular formula is C19H28N4O2. The molecule has 3 rings (SSSR count). The van der Waals surface area contributed by atoms with Gasteiger partial charge in [0.25, 0.3) is 0 Å². The number of aromatic nitrogens is 3. The van der Waals surface area contributed by atoms with E-state index < -0.39 is 0 Å². The van der Waals surface area contributed by atoms with E-state index in [1.807, 2.05) is 32.4 Å². The molecule has 25 heavy (non-hydrogen) atoms. The number of nitrogens with zero attached hydrogens (tertiary/aromatic N) is 4. The predicted octanol–water partition coefficient (Wildman–Crippen LogP) is 3.29. The van der Waals surface area contributed by atoms with Crippen LogP contribution in [-0.4, -0.2) is 38.3 Å². The van der Waals surface area contributed by atoms with Gasteiger partial charge in [0, 0.05) is 17.8 Å². The Kier molecular flexibility index (Phi) is 4.97. The fourth-order valence-corrected chi connectivity index (χ4v) is 4.02. The molecule has 2 aromatic heterocycles. The maximum atomic E-state index is 13.2. The second kappa shape index (κ2) is 7.02. The van der Waals surface area contributed by atoms with Crippen LogP contribution in [-0.2, 0) is 11.3 Å². The monoisotopic (exact) mass is 344 g/mol. The number of carbonyl (C=O) groups is 1. The van der Waals surface area contributed by atoms with E-state index in [1.165, 1.54) is 0 Å². The van der Waals surface area contributed by atoms with Crippen molar-refractivity contribution >= 4 is 5.91 Å². The normalized spacial score (nSPS) is 19.2. The molecule has 0 unspecified atom stereocenters. The van der Waals surface area contributed by atoms with Gasteiger partial charge in [-0.15, -0.1) is 0 Å². The van der Waals surface area contributed by atoms with E-state index in [9.17, 15) is 4.79 Å². The first-order chi connectivity index (χ1) is 11.9. The van der Waals surface area contributed by atoms with Crippen molar-refractivity contribution in [2.45, 2.75) is 72.4 Å². The van der Waals surface area contributed by atoms with Crippen molar-refractivity contribution in [2.75, 3.05) is 6.54 Å². The summed E-state index contributed by atoms with van der Waals surface area (Å²) in [4.78, 5) is 15.3. The first-order valence-corrected chi connectivity index (χ1v) is 9.12. The van der Waals surface area contributed by atoms with Crippen molar-refractivity contribution in [1.82, 2.24) is 19.8 Å². The molecule has 2 aromatic rings. The Balaban J connectivity index is 1.80. The van der Waals surface area contributed by atoms with E-state index in [4.69, 9.17) is 4.52 Å². The van der Waals surface area contributed by atoms with Crippen molar-refractivity contribution in [3.8, 4) is 0 Å². The quantitative estimate of drug-likeness (QED) is 0.854. The van der Waals surface area contributed by atoms with Crippen LogP contribution in [0.5, 0.6) is 0 Å². The lowest BCUT2D eigenvalue weighted by Gasteiger charge is -2.37. The number of rotatable bonds is 4. The second-order valence-corrected chi connectivity index (χ2v) is 7.25. The van der Waals surface area contributed by atoms with Crippen molar-refractivity contribution in [2.24, 2.45) is 0 Å². The minimum Gasteiger partial charge on any atom is -0.361 e. The lowest BCUT2D eigenvalue weighted by Crippen LogP contribution is -2.47. The van der Waals surface area contributed by atoms with Gasteiger partial charge in [-0.25, -0.2) is 0 Å². The van der Waals surface area contributed by atoms with Crippen molar-refractivity contribution < 1.29 is 9.32 Å². The van der Waals surface area contributed by atoms with Crippen LogP contribution in [0.2, 0.25) is 0 Å². The molecule has 2 atom stereocenters. The molecule has 1 amide bonds. The summed E-state index contributed by atoms with van der Waals surface area (Å²) < 4.78 is 7.29. The number of piperidine rings is 1. The summed E-state index contributed by atoms with van der Waals surface area (Å²) in [7, 11) is 0. The van der Waals surface area contributed by atoms with Gasteiger partial charge in [-0.05, 0) is 59.9 Å². The highest BCUT2D eigenvalue weighted by atomic mass is 16.5. The minimum absolute atomic E-state index is 0.167. The number of carbonyl (C=O) groups excluding carboxylic acids is 1. The lowest BCUT2D eigenvalue weighted by atomic mass is 9.94. The summed E-state index contributed by atoms with van der Waals surface area (Å²) in [5, 5.41) is 8.58. The number of likely N-dealkylation sites (tertiary alicyclic amines) is 1. The third-order valence-corrected chi connectivity index (χ3v) is 5.29. The SMILES string of the molecule is Cc1cc(C)n(C[C@H]2CCCCN2C(=O)[C@@H](C)c2c(C)noc2C)n1. The van der Waals surface area contributed by atoms with E-state index in [-0.39, 0.29) is 17.9 Å². The van der Waals surface area contributed by atoms with Crippen LogP contribution < -0.4 is 0 Å². The van der Waals surface area contributed by atoms with Gasteiger partial charge in [0.1, 0.15) is 5.76 Å². The number of amides is 1. The molecule has 136 valence electrons. The van der Waals surface area contributed by atoms with Crippen molar-refractivity contribution in [3.05, 3.63) is 34.5 Å². The Labute approximate surface area is 149 Å². The molecule has 1 fully saturated rings. The molecule has 6 heteroatoms. The fraction of sp³-hybridized carbons (Fsp3) is 0.632. The van der Waals surface area contributed by atoms with Gasteiger partial charge in [-0.3, -0.25) is 9.48 Å². The van der Waals surface area contributed by atoms with Crippen LogP contribution in [0, 0.1) is 27.7 Å². The zero-order valence-corrected chi connectivity index (χ0v) is 15.9. The van der Waals surface area contributed by atoms with Crippen LogP contribution in [0.3, 0.4) is 0 Å². The molecule has 0 spiro atoms. The topological polar surface area (TPSA) is 64.2 Å². The smallest absolute Gasteiger partial charge is 0.230 e. The van der Waals surface area contributed by atoms with Gasteiger partial charge < -0.3 is 9.42 Å². The van der Waals surface area contributed by atoms with Gasteiger partial charge in [0.05, 0.1) is 29.9 Å². The van der Waals surface area contributed by atoms with Crippen LogP contribution in [0.1, 0.15) is 60.5 Å². The van der Waals surface area contributed by atoms with Gasteiger partial charge >= 0.3 is 0 Å². The van der Waals surface area contributed by atoms with Crippen LogP contribution >= 0.6 is 0 Å². The van der Waals surface area contributed by atoms with Crippen LogP contribution in [0.15, 0.2) is 10.6 Å². The first-order valence-electron chi connectivity index (χ1n) is 9.12. The van der Waals surface area contributed by atoms with E-state index in [0.29, 0.717) is 0 Å². The van der Waals surface area contributed by atoms with E-state index in [0.717, 1.165) is 60.8 Å². The zero-order valence-electron chi connectivity index (χ0n) is 15.9. The van der Waals surface area contributed by atoms with Crippen LogP contribution in [0.4, 0.5) is 0 Å². The highest BCUT2D eigenvalue weighted by Crippen LogP contribution is 2.28. The predicted molar refractivity (Wildman–Crippen MR) is 95.4 cm³/mol. The van der Waals surface area contributed by atoms with Crippen molar-refractivity contribution in [1.29, 1.82) is 0 Å². The highest BCUT2D eigenvalue weighted by Gasteiger charge is 2.33. The third kappa shape index (κ3) is 3.48. The molecule has 0 aromatic carbocycles. The molecule has 1 saturated heterocycles. The van der Waals surface area contributed by atoms with Crippen LogP contribution in [0.25, 0.3) is 0 Å². The summed E-state index contributed by atoms with van der Waals surface area (Å²) in [6.07, 6.45) is 3.25. The Morgan fingerprint density at radius 2 is 2.08 bits per heavy atom. The second-order valence-electron chi connectivity index (χ2n) is 7.25. The molecule has 1 aliphatic rings. The zero-order chi connectivity index (χ0) is 18.1. The largest absolute Gasteiger partial charge is 0.361 e. The third-order valence-electron chi connectivity index (χ3n) is 5.29. The summed E-state index contributed by atoms with van der Waals surface area (Å²) in [6.45, 7) is 11.4. The molecule has 0 radical (unpaired) electrons. The summed E-state index contributed by atoms with van der Waals surface area (Å²) in [6, 6.07) is 2.28. The number of aryl methyl sites for hydroxylation is 4. The molecule has 0 N–H and O–H groups in total. The van der Waals surface area contributed by atoms with Crippen molar-refractivity contribution in [3.63, 3.8) is 0 Å². The Bertz CT molecular complexity index is 742. The van der Waals surface area contributed by atoms with Gasteiger partial charge in [0.15, 0.2) is 0 Å². The average molecular weight is 344 g/mol. The molecule has 1 aliphatic heterocycles. The summed E-state index contributed by atoms with van der Waals surface area (Å²) >= 11 is 0. The number of hydrogen-bond acceptors (Lipinski definition) is 4. The standard InChI is InChI=1S/C19H28N4O2/c1-12-10-13(2)23(20-12)11-17-8-6-7-9-22(17)19(24)14(3)18-15(4)21-25-16(18)5/h10,14,17H,6-9,11H2,1-5H3/t14-,17+/m0/s1. The van der Waals surface area contributed by atoms with Gasteiger partial charge in [0.2, 0.25) is 5.91 Å². The first kappa shape index (κ1) is 17.7. The molecule has 0 aliphatic carbocycles. The number of hydrogen-bond donors (Lipinski definition) is 0. The maximum Gasteiger partial charge on any atom is 0.230 e. The lowest BCUT2D eigenvalue weighted by molar-refractivity contribution is -0.136. The summed E-state index contributed by atoms with van der Waals surface area (Å²) in [5.41, 5.74) is 3.91. The fourth-order valence-electron chi connectivity index (χ4n) is 4.02. The van der Waals surface area contributed by atoms with E-state index in [2.05, 4.69) is 28.1 Å². The van der Waals surface area contributed by atoms with E-state index >= 15 is 0 Å². The molecule has 0 saturated carbocycles. The Morgan fingerprint density at radius 1 is 1.32 bits per heavy atom. The minimum atomic E-state index is -0.229. The van der Waals surface area contributed by atoms with Gasteiger partial charge in [-0.2, -0.15) is 5.10 Å². The molecule has 3 heterocycles. The average Bonchev–Trinajstić information content (AvgIpc) is 3.08. The molecular weight excluding hydrogens is 316 g/mol. The Hall–Kier alpha value is -2.11. The van der Waals surface area contributed by atoms with Gasteiger partial charge in [-0.1, -0.05) is 5.16 Å². The summed E-state index contributed by atoms with van der Waals surface area (Å²) in [5.74, 6) is 0.679. The maximum absolute atomic E-state index is 13.2. The van der Waals surface area contributed by atoms with E-state index in [1.54, 1.807) is 0 Å². The highest BCUT2D eigenvalue weighted by molar-refractivity contribution is 5.84. The Morgan fingerprint density at radius 3 is 2.68 bits per heavy atom. The molecule has 6 nitrogen and oxygen atoms in total. The molecule has 0 bridgehead atoms.